The van der Waals surface area contributed by atoms with E-state index in [-0.39, 0.29) is 11.9 Å². The van der Waals surface area contributed by atoms with Crippen molar-refractivity contribution in [3.8, 4) is 0 Å². The summed E-state index contributed by atoms with van der Waals surface area (Å²) in [5, 5.41) is 2.84. The number of nitrogens with one attached hydrogen (secondary N) is 1. The van der Waals surface area contributed by atoms with Crippen molar-refractivity contribution >= 4 is 5.91 Å². The van der Waals surface area contributed by atoms with Crippen LogP contribution in [0.5, 0.6) is 0 Å². The molecule has 0 spiro atoms. The number of aryl methyl sites for hydroxylation is 2. The lowest BCUT2D eigenvalue weighted by Crippen LogP contribution is -2.33. The summed E-state index contributed by atoms with van der Waals surface area (Å²) in [7, 11) is 0. The number of hydrogen-bond donors (Lipinski definition) is 1. The van der Waals surface area contributed by atoms with E-state index in [1.54, 1.807) is 19.9 Å². The van der Waals surface area contributed by atoms with Gasteiger partial charge in [0, 0.05) is 6.04 Å². The van der Waals surface area contributed by atoms with Gasteiger partial charge in [-0.3, -0.25) is 4.79 Å². The Bertz CT molecular complexity index is 400. The maximum Gasteiger partial charge on any atom is 0.255 e. The standard InChI is InChI=1S/C12H16FNO2/c1-7-5-11(8(2)16-7)12(15)14-10-4-3-9(13)6-10/h5,9-10H,3-4,6H2,1-2H3,(H,14,15)/t9-,10-/m0/s1. The minimum Gasteiger partial charge on any atom is -0.466 e. The Morgan fingerprint density at radius 3 is 2.75 bits per heavy atom. The first-order valence-electron chi connectivity index (χ1n) is 5.58. The number of rotatable bonds is 2. The van der Waals surface area contributed by atoms with Gasteiger partial charge in [-0.1, -0.05) is 0 Å². The van der Waals surface area contributed by atoms with Crippen molar-refractivity contribution < 1.29 is 13.6 Å². The molecule has 0 aromatic carbocycles. The first-order chi connectivity index (χ1) is 7.56. The molecular formula is C12H16FNO2. The van der Waals surface area contributed by atoms with Gasteiger partial charge < -0.3 is 9.73 Å². The van der Waals surface area contributed by atoms with Gasteiger partial charge in [0.05, 0.1) is 5.56 Å². The van der Waals surface area contributed by atoms with E-state index >= 15 is 0 Å². The van der Waals surface area contributed by atoms with E-state index in [0.29, 0.717) is 24.2 Å². The summed E-state index contributed by atoms with van der Waals surface area (Å²) in [4.78, 5) is 11.8. The molecule has 88 valence electrons. The Balaban J connectivity index is 2.00. The van der Waals surface area contributed by atoms with Crippen LogP contribution in [0.25, 0.3) is 0 Å². The van der Waals surface area contributed by atoms with Crippen molar-refractivity contribution in [1.29, 1.82) is 0 Å². The van der Waals surface area contributed by atoms with Crippen molar-refractivity contribution in [3.63, 3.8) is 0 Å². The normalized spacial score (nSPS) is 24.7. The van der Waals surface area contributed by atoms with Gasteiger partial charge in [0.2, 0.25) is 0 Å². The van der Waals surface area contributed by atoms with E-state index in [1.807, 2.05) is 0 Å². The fourth-order valence-corrected chi connectivity index (χ4v) is 2.18. The number of furan rings is 1. The minimum absolute atomic E-state index is 0.0305. The fourth-order valence-electron chi connectivity index (χ4n) is 2.18. The average molecular weight is 225 g/mol. The Labute approximate surface area is 94.0 Å². The van der Waals surface area contributed by atoms with Crippen LogP contribution in [0.1, 0.15) is 41.1 Å². The van der Waals surface area contributed by atoms with Gasteiger partial charge in [-0.05, 0) is 39.2 Å². The third kappa shape index (κ3) is 2.26. The average Bonchev–Trinajstić information content (AvgIpc) is 2.73. The maximum atomic E-state index is 12.9. The lowest BCUT2D eigenvalue weighted by molar-refractivity contribution is 0.0935. The van der Waals surface area contributed by atoms with Crippen LogP contribution in [0.2, 0.25) is 0 Å². The molecule has 4 heteroatoms. The number of carbonyl (C=O) groups excluding carboxylic acids is 1. The molecule has 0 bridgehead atoms. The topological polar surface area (TPSA) is 42.2 Å². The first kappa shape index (κ1) is 11.2. The van der Waals surface area contributed by atoms with E-state index in [0.717, 1.165) is 12.2 Å². The molecule has 0 radical (unpaired) electrons. The molecule has 0 aliphatic heterocycles. The minimum atomic E-state index is -0.766. The van der Waals surface area contributed by atoms with E-state index in [4.69, 9.17) is 4.42 Å². The van der Waals surface area contributed by atoms with Crippen molar-refractivity contribution in [1.82, 2.24) is 5.32 Å². The zero-order chi connectivity index (χ0) is 11.7. The first-order valence-corrected chi connectivity index (χ1v) is 5.58. The molecule has 1 fully saturated rings. The zero-order valence-corrected chi connectivity index (χ0v) is 9.55. The number of carbonyl (C=O) groups is 1. The summed E-state index contributed by atoms with van der Waals surface area (Å²) in [5.74, 6) is 1.18. The van der Waals surface area contributed by atoms with Crippen LogP contribution in [-0.4, -0.2) is 18.1 Å². The number of alkyl halides is 1. The molecule has 1 aliphatic rings. The number of amides is 1. The SMILES string of the molecule is Cc1cc(C(=O)N[C@H]2CC[C@H](F)C2)c(C)o1. The lowest BCUT2D eigenvalue weighted by Gasteiger charge is -2.10. The van der Waals surface area contributed by atoms with Crippen LogP contribution >= 0.6 is 0 Å². The summed E-state index contributed by atoms with van der Waals surface area (Å²) < 4.78 is 18.2. The second-order valence-corrected chi connectivity index (χ2v) is 4.41. The second kappa shape index (κ2) is 4.28. The molecule has 1 amide bonds. The molecule has 1 N–H and O–H groups in total. The largest absolute Gasteiger partial charge is 0.466 e. The van der Waals surface area contributed by atoms with Gasteiger partial charge in [0.15, 0.2) is 0 Å². The summed E-state index contributed by atoms with van der Waals surface area (Å²) >= 11 is 0. The highest BCUT2D eigenvalue weighted by Crippen LogP contribution is 2.22. The maximum absolute atomic E-state index is 12.9. The smallest absolute Gasteiger partial charge is 0.255 e. The van der Waals surface area contributed by atoms with Gasteiger partial charge in [0.1, 0.15) is 17.7 Å². The highest BCUT2D eigenvalue weighted by molar-refractivity contribution is 5.95. The van der Waals surface area contributed by atoms with Gasteiger partial charge >= 0.3 is 0 Å². The van der Waals surface area contributed by atoms with E-state index in [2.05, 4.69) is 5.32 Å². The number of halogens is 1. The van der Waals surface area contributed by atoms with Gasteiger partial charge in [-0.25, -0.2) is 4.39 Å². The Kier molecular flexibility index (Phi) is 2.99. The monoisotopic (exact) mass is 225 g/mol. The van der Waals surface area contributed by atoms with Crippen LogP contribution in [0.3, 0.4) is 0 Å². The quantitative estimate of drug-likeness (QED) is 0.840. The van der Waals surface area contributed by atoms with Gasteiger partial charge in [-0.15, -0.1) is 0 Å². The van der Waals surface area contributed by atoms with E-state index in [1.165, 1.54) is 0 Å². The molecule has 2 rings (SSSR count). The third-order valence-electron chi connectivity index (χ3n) is 2.99. The van der Waals surface area contributed by atoms with Crippen molar-refractivity contribution in [3.05, 3.63) is 23.2 Å². The van der Waals surface area contributed by atoms with E-state index < -0.39 is 6.17 Å². The number of hydrogen-bond acceptors (Lipinski definition) is 2. The van der Waals surface area contributed by atoms with Crippen molar-refractivity contribution in [2.24, 2.45) is 0 Å². The lowest BCUT2D eigenvalue weighted by atomic mass is 10.2. The Morgan fingerprint density at radius 2 is 2.25 bits per heavy atom. The second-order valence-electron chi connectivity index (χ2n) is 4.41. The zero-order valence-electron chi connectivity index (χ0n) is 9.55. The molecule has 1 aromatic rings. The van der Waals surface area contributed by atoms with E-state index in [9.17, 15) is 9.18 Å². The molecule has 0 unspecified atom stereocenters. The molecule has 3 nitrogen and oxygen atoms in total. The molecule has 1 aromatic heterocycles. The van der Waals surface area contributed by atoms with Crippen LogP contribution in [0.15, 0.2) is 10.5 Å². The molecule has 1 saturated carbocycles. The highest BCUT2D eigenvalue weighted by atomic mass is 19.1. The van der Waals surface area contributed by atoms with Crippen molar-refractivity contribution in [2.45, 2.75) is 45.3 Å². The van der Waals surface area contributed by atoms with Crippen LogP contribution in [0.4, 0.5) is 4.39 Å². The molecule has 1 heterocycles. The predicted molar refractivity (Wildman–Crippen MR) is 58.2 cm³/mol. The Morgan fingerprint density at radius 1 is 1.50 bits per heavy atom. The molecule has 0 saturated heterocycles. The van der Waals surface area contributed by atoms with Crippen LogP contribution in [0, 0.1) is 13.8 Å². The Hall–Kier alpha value is -1.32. The summed E-state index contributed by atoms with van der Waals surface area (Å²) in [6.07, 6.45) is 0.941. The van der Waals surface area contributed by atoms with Crippen LogP contribution < -0.4 is 5.32 Å². The summed E-state index contributed by atoms with van der Waals surface area (Å²) in [6.45, 7) is 3.56. The van der Waals surface area contributed by atoms with Crippen LogP contribution in [-0.2, 0) is 0 Å². The molecule has 16 heavy (non-hydrogen) atoms. The molecule has 1 aliphatic carbocycles. The predicted octanol–water partition coefficient (Wildman–Crippen LogP) is 2.52. The molecule has 2 atom stereocenters. The molecular weight excluding hydrogens is 209 g/mol. The van der Waals surface area contributed by atoms with Gasteiger partial charge in [-0.2, -0.15) is 0 Å². The summed E-state index contributed by atoms with van der Waals surface area (Å²) in [6, 6.07) is 1.68. The van der Waals surface area contributed by atoms with Crippen molar-refractivity contribution in [2.75, 3.05) is 0 Å². The van der Waals surface area contributed by atoms with Gasteiger partial charge in [0.25, 0.3) is 5.91 Å². The third-order valence-corrected chi connectivity index (χ3v) is 2.99. The fraction of sp³-hybridized carbons (Fsp3) is 0.583. The highest BCUT2D eigenvalue weighted by Gasteiger charge is 2.26. The summed E-state index contributed by atoms with van der Waals surface area (Å²) in [5.41, 5.74) is 0.555.